The molecule has 0 aliphatic heterocycles. The number of H-pyrrole nitrogens is 1. The number of hydrogen-bond donors (Lipinski definition) is 1. The molecule has 106 valence electrons. The summed E-state index contributed by atoms with van der Waals surface area (Å²) in [6.07, 6.45) is 0. The molecule has 0 saturated heterocycles. The number of tetrazole rings is 1. The van der Waals surface area contributed by atoms with Gasteiger partial charge in [0, 0.05) is 19.5 Å². The molecule has 0 bridgehead atoms. The average Bonchev–Trinajstić information content (AvgIpc) is 2.92. The summed E-state index contributed by atoms with van der Waals surface area (Å²) in [6, 6.07) is 3.49. The van der Waals surface area contributed by atoms with Crippen molar-refractivity contribution in [1.82, 2.24) is 20.6 Å². The first-order valence-electron chi connectivity index (χ1n) is 5.87. The van der Waals surface area contributed by atoms with Gasteiger partial charge in [0.15, 0.2) is 5.82 Å². The molecule has 2 rings (SSSR count). The number of nitrogens with zero attached hydrogens (tertiary/aromatic N) is 5. The summed E-state index contributed by atoms with van der Waals surface area (Å²) in [6.45, 7) is 2.31. The van der Waals surface area contributed by atoms with Crippen molar-refractivity contribution in [3.8, 4) is 0 Å². The Morgan fingerprint density at radius 2 is 2.30 bits per heavy atom. The van der Waals surface area contributed by atoms with Crippen LogP contribution in [0.25, 0.3) is 0 Å². The van der Waals surface area contributed by atoms with Gasteiger partial charge >= 0.3 is 0 Å². The molecule has 0 aliphatic carbocycles. The summed E-state index contributed by atoms with van der Waals surface area (Å²) < 4.78 is 13.1. The number of nitro groups is 1. The second-order valence-electron chi connectivity index (χ2n) is 4.44. The highest BCUT2D eigenvalue weighted by atomic mass is 19.1. The largest absolute Gasteiger partial charge is 0.368 e. The molecule has 0 fully saturated rings. The van der Waals surface area contributed by atoms with E-state index in [1.165, 1.54) is 12.1 Å². The number of halogens is 1. The maximum absolute atomic E-state index is 13.1. The minimum absolute atomic E-state index is 0.0802. The number of rotatable bonds is 5. The second-order valence-corrected chi connectivity index (χ2v) is 4.44. The van der Waals surface area contributed by atoms with Crippen LogP contribution in [0.2, 0.25) is 0 Å². The van der Waals surface area contributed by atoms with Crippen molar-refractivity contribution in [3.05, 3.63) is 40.0 Å². The van der Waals surface area contributed by atoms with E-state index in [0.717, 1.165) is 6.07 Å². The first-order chi connectivity index (χ1) is 9.49. The lowest BCUT2D eigenvalue weighted by atomic mass is 10.1. The van der Waals surface area contributed by atoms with Crippen LogP contribution in [0, 0.1) is 15.9 Å². The van der Waals surface area contributed by atoms with E-state index < -0.39 is 10.7 Å². The van der Waals surface area contributed by atoms with Gasteiger partial charge in [0.1, 0.15) is 11.5 Å². The smallest absolute Gasteiger partial charge is 0.295 e. The highest BCUT2D eigenvalue weighted by molar-refractivity contribution is 5.62. The fourth-order valence-corrected chi connectivity index (χ4v) is 1.93. The molecule has 20 heavy (non-hydrogen) atoms. The summed E-state index contributed by atoms with van der Waals surface area (Å²) in [5.74, 6) is -0.204. The Labute approximate surface area is 113 Å². The Morgan fingerprint density at radius 1 is 1.55 bits per heavy atom. The summed E-state index contributed by atoms with van der Waals surface area (Å²) in [4.78, 5) is 12.0. The standard InChI is InChI=1S/C11H13FN6O2/c1-7(11-13-15-16-14-11)6-17(2)9-4-3-8(12)5-10(9)18(19)20/h3-5,7H,6H2,1-2H3,(H,13,14,15,16)/t7-/m0/s1. The number of aromatic amines is 1. The Kier molecular flexibility index (Phi) is 3.87. The summed E-state index contributed by atoms with van der Waals surface area (Å²) in [5, 5.41) is 24.5. The molecule has 1 aromatic heterocycles. The fraction of sp³-hybridized carbons (Fsp3) is 0.364. The number of aromatic nitrogens is 4. The van der Waals surface area contributed by atoms with E-state index in [2.05, 4.69) is 20.6 Å². The molecule has 9 heteroatoms. The third kappa shape index (κ3) is 2.87. The van der Waals surface area contributed by atoms with Crippen molar-refractivity contribution in [2.45, 2.75) is 12.8 Å². The highest BCUT2D eigenvalue weighted by Gasteiger charge is 2.21. The molecule has 0 unspecified atom stereocenters. The number of anilines is 1. The predicted octanol–water partition coefficient (Wildman–Crippen LogP) is 1.49. The van der Waals surface area contributed by atoms with Gasteiger partial charge in [-0.2, -0.15) is 5.21 Å². The number of nitrogens with one attached hydrogen (secondary N) is 1. The van der Waals surface area contributed by atoms with Crippen LogP contribution >= 0.6 is 0 Å². The average molecular weight is 280 g/mol. The molecular weight excluding hydrogens is 267 g/mol. The van der Waals surface area contributed by atoms with Gasteiger partial charge in [0.25, 0.3) is 5.69 Å². The zero-order valence-electron chi connectivity index (χ0n) is 10.9. The van der Waals surface area contributed by atoms with Crippen molar-refractivity contribution in [3.63, 3.8) is 0 Å². The lowest BCUT2D eigenvalue weighted by Crippen LogP contribution is -2.24. The van der Waals surface area contributed by atoms with Crippen LogP contribution in [-0.4, -0.2) is 39.1 Å². The Balaban J connectivity index is 2.21. The van der Waals surface area contributed by atoms with Gasteiger partial charge in [-0.15, -0.1) is 10.2 Å². The van der Waals surface area contributed by atoms with Gasteiger partial charge in [-0.1, -0.05) is 12.1 Å². The van der Waals surface area contributed by atoms with Gasteiger partial charge in [-0.3, -0.25) is 10.1 Å². The van der Waals surface area contributed by atoms with Crippen LogP contribution in [-0.2, 0) is 0 Å². The number of nitro benzene ring substituents is 1. The second kappa shape index (κ2) is 5.59. The molecule has 0 saturated carbocycles. The Hall–Kier alpha value is -2.58. The molecule has 0 amide bonds. The van der Waals surface area contributed by atoms with Crippen LogP contribution < -0.4 is 4.90 Å². The lowest BCUT2D eigenvalue weighted by Gasteiger charge is -2.21. The quantitative estimate of drug-likeness (QED) is 0.657. The Bertz CT molecular complexity index is 603. The SMILES string of the molecule is C[C@@H](CN(C)c1ccc(F)cc1[N+](=O)[O-])c1nn[nH]n1. The van der Waals surface area contributed by atoms with Crippen molar-refractivity contribution >= 4 is 11.4 Å². The first kappa shape index (κ1) is 13.8. The molecule has 1 atom stereocenters. The van der Waals surface area contributed by atoms with Crippen molar-refractivity contribution in [1.29, 1.82) is 0 Å². The molecule has 2 aromatic rings. The van der Waals surface area contributed by atoms with E-state index in [1.807, 2.05) is 6.92 Å². The van der Waals surface area contributed by atoms with Crippen molar-refractivity contribution in [2.24, 2.45) is 0 Å². The summed E-state index contributed by atoms with van der Waals surface area (Å²) in [5.41, 5.74) is 0.0690. The number of likely N-dealkylation sites (N-methyl/N-ethyl adjacent to an activating group) is 1. The van der Waals surface area contributed by atoms with Crippen LogP contribution in [0.1, 0.15) is 18.7 Å². The van der Waals surface area contributed by atoms with E-state index in [0.29, 0.717) is 18.1 Å². The first-order valence-corrected chi connectivity index (χ1v) is 5.87. The minimum Gasteiger partial charge on any atom is -0.368 e. The lowest BCUT2D eigenvalue weighted by molar-refractivity contribution is -0.384. The van der Waals surface area contributed by atoms with Crippen molar-refractivity contribution in [2.75, 3.05) is 18.5 Å². The minimum atomic E-state index is -0.639. The number of benzene rings is 1. The van der Waals surface area contributed by atoms with Crippen LogP contribution in [0.4, 0.5) is 15.8 Å². The highest BCUT2D eigenvalue weighted by Crippen LogP contribution is 2.29. The molecule has 0 spiro atoms. The zero-order chi connectivity index (χ0) is 14.7. The molecular formula is C11H13FN6O2. The van der Waals surface area contributed by atoms with Gasteiger partial charge < -0.3 is 4.90 Å². The normalized spacial score (nSPS) is 12.2. The zero-order valence-corrected chi connectivity index (χ0v) is 10.9. The topological polar surface area (TPSA) is 101 Å². The molecule has 8 nitrogen and oxygen atoms in total. The van der Waals surface area contributed by atoms with E-state index >= 15 is 0 Å². The van der Waals surface area contributed by atoms with Gasteiger partial charge in [-0.25, -0.2) is 4.39 Å². The summed E-state index contributed by atoms with van der Waals surface area (Å²) in [7, 11) is 1.69. The summed E-state index contributed by atoms with van der Waals surface area (Å²) >= 11 is 0. The van der Waals surface area contributed by atoms with E-state index in [9.17, 15) is 14.5 Å². The molecule has 1 heterocycles. The molecule has 0 radical (unpaired) electrons. The molecule has 1 aromatic carbocycles. The Morgan fingerprint density at radius 3 is 2.90 bits per heavy atom. The van der Waals surface area contributed by atoms with Crippen LogP contribution in [0.5, 0.6) is 0 Å². The molecule has 0 aliphatic rings. The van der Waals surface area contributed by atoms with E-state index in [1.54, 1.807) is 11.9 Å². The van der Waals surface area contributed by atoms with E-state index in [4.69, 9.17) is 0 Å². The molecule has 1 N–H and O–H groups in total. The third-order valence-corrected chi connectivity index (χ3v) is 2.90. The van der Waals surface area contributed by atoms with E-state index in [-0.39, 0.29) is 11.6 Å². The fourth-order valence-electron chi connectivity index (χ4n) is 1.93. The van der Waals surface area contributed by atoms with Crippen LogP contribution in [0.15, 0.2) is 18.2 Å². The monoisotopic (exact) mass is 280 g/mol. The maximum Gasteiger partial charge on any atom is 0.295 e. The van der Waals surface area contributed by atoms with Gasteiger partial charge in [0.2, 0.25) is 0 Å². The predicted molar refractivity (Wildman–Crippen MR) is 68.9 cm³/mol. The van der Waals surface area contributed by atoms with Crippen LogP contribution in [0.3, 0.4) is 0 Å². The maximum atomic E-state index is 13.1. The number of hydrogen-bond acceptors (Lipinski definition) is 6. The van der Waals surface area contributed by atoms with Gasteiger partial charge in [-0.05, 0) is 12.1 Å². The van der Waals surface area contributed by atoms with Gasteiger partial charge in [0.05, 0.1) is 11.0 Å². The van der Waals surface area contributed by atoms with Crippen molar-refractivity contribution < 1.29 is 9.31 Å². The third-order valence-electron chi connectivity index (χ3n) is 2.90.